The zero-order chi connectivity index (χ0) is 28.6. The first-order chi connectivity index (χ1) is 15.8. The number of nitrogens with two attached hydrogens (primary N) is 1. The van der Waals surface area contributed by atoms with E-state index in [4.69, 9.17) is 5.73 Å². The number of ether oxygens (including phenoxy) is 1. The van der Waals surface area contributed by atoms with E-state index in [0.717, 1.165) is 29.6 Å². The van der Waals surface area contributed by atoms with Crippen LogP contribution in [-0.2, 0) is 9.53 Å². The molecule has 0 aliphatic heterocycles. The van der Waals surface area contributed by atoms with Gasteiger partial charge in [-0.2, -0.15) is 0 Å². The highest BCUT2D eigenvalue weighted by atomic mass is 79.9. The van der Waals surface area contributed by atoms with Gasteiger partial charge in [0.1, 0.15) is 11.4 Å². The van der Waals surface area contributed by atoms with Gasteiger partial charge in [-0.3, -0.25) is 9.79 Å². The van der Waals surface area contributed by atoms with Crippen molar-refractivity contribution in [3.63, 3.8) is 0 Å². The maximum Gasteiger partial charge on any atom is 0.293 e. The van der Waals surface area contributed by atoms with E-state index < -0.39 is 5.82 Å². The third-order valence-electron chi connectivity index (χ3n) is 5.37. The van der Waals surface area contributed by atoms with Gasteiger partial charge in [0.15, 0.2) is 0 Å². The van der Waals surface area contributed by atoms with Gasteiger partial charge in [-0.1, -0.05) is 71.3 Å². The van der Waals surface area contributed by atoms with Crippen LogP contribution in [0.15, 0.2) is 21.6 Å². The van der Waals surface area contributed by atoms with Crippen LogP contribution in [0.3, 0.4) is 0 Å². The molecule has 0 saturated heterocycles. The summed E-state index contributed by atoms with van der Waals surface area (Å²) in [6.45, 7) is 24.5. The Morgan fingerprint density at radius 1 is 1.06 bits per heavy atom. The second-order valence-electron chi connectivity index (χ2n) is 11.2. The van der Waals surface area contributed by atoms with E-state index in [1.165, 1.54) is 6.07 Å². The van der Waals surface area contributed by atoms with Gasteiger partial charge in [-0.25, -0.2) is 4.39 Å². The Labute approximate surface area is 224 Å². The maximum atomic E-state index is 13.5. The van der Waals surface area contributed by atoms with Gasteiger partial charge in [0.05, 0.1) is 5.69 Å². The summed E-state index contributed by atoms with van der Waals surface area (Å²) >= 11 is 3.41. The second kappa shape index (κ2) is 17.9. The van der Waals surface area contributed by atoms with E-state index in [2.05, 4.69) is 72.1 Å². The Balaban J connectivity index is -0.000000500. The molecule has 0 aliphatic rings. The van der Waals surface area contributed by atoms with Crippen LogP contribution in [-0.4, -0.2) is 50.4 Å². The molecule has 5 nitrogen and oxygen atoms in total. The Morgan fingerprint density at radius 3 is 1.80 bits per heavy atom. The van der Waals surface area contributed by atoms with Crippen molar-refractivity contribution in [1.82, 2.24) is 4.90 Å². The number of halogens is 2. The molecular formula is C28H53BrFN3O2. The molecule has 0 amide bonds. The summed E-state index contributed by atoms with van der Waals surface area (Å²) in [5.41, 5.74) is 8.03. The van der Waals surface area contributed by atoms with Crippen molar-refractivity contribution in [2.75, 3.05) is 33.4 Å². The summed E-state index contributed by atoms with van der Waals surface area (Å²) < 4.78 is 18.8. The number of anilines is 1. The molecule has 0 spiro atoms. The van der Waals surface area contributed by atoms with Crippen molar-refractivity contribution in [3.05, 3.63) is 28.0 Å². The van der Waals surface area contributed by atoms with E-state index in [-0.39, 0.29) is 11.3 Å². The highest BCUT2D eigenvalue weighted by molar-refractivity contribution is 9.10. The number of nitrogens with zero attached hydrogens (tertiary/aromatic N) is 2. The van der Waals surface area contributed by atoms with E-state index in [1.807, 2.05) is 48.7 Å². The minimum Gasteiger partial charge on any atom is -0.462 e. The summed E-state index contributed by atoms with van der Waals surface area (Å²) in [5, 5.41) is 0. The topological polar surface area (TPSA) is 67.9 Å². The lowest BCUT2D eigenvalue weighted by Crippen LogP contribution is -2.25. The first kappa shape index (κ1) is 38.1. The lowest BCUT2D eigenvalue weighted by Gasteiger charge is -2.34. The van der Waals surface area contributed by atoms with Crippen molar-refractivity contribution in [1.29, 1.82) is 0 Å². The van der Waals surface area contributed by atoms with Gasteiger partial charge in [0.25, 0.3) is 6.47 Å². The molecule has 0 radical (unpaired) electrons. The molecule has 0 heterocycles. The van der Waals surface area contributed by atoms with Crippen molar-refractivity contribution in [3.8, 4) is 0 Å². The van der Waals surface area contributed by atoms with Crippen molar-refractivity contribution in [2.24, 2.45) is 15.8 Å². The third kappa shape index (κ3) is 18.5. The van der Waals surface area contributed by atoms with E-state index in [9.17, 15) is 9.18 Å². The Hall–Kier alpha value is -1.47. The van der Waals surface area contributed by atoms with E-state index in [1.54, 1.807) is 13.1 Å². The molecule has 0 unspecified atom stereocenters. The monoisotopic (exact) mass is 561 g/mol. The molecule has 0 fully saturated rings. The summed E-state index contributed by atoms with van der Waals surface area (Å²) in [4.78, 5) is 15.9. The van der Waals surface area contributed by atoms with Crippen molar-refractivity contribution < 1.29 is 13.9 Å². The van der Waals surface area contributed by atoms with Crippen LogP contribution >= 0.6 is 15.9 Å². The molecule has 35 heavy (non-hydrogen) atoms. The molecular weight excluding hydrogens is 509 g/mol. The quantitative estimate of drug-likeness (QED) is 0.217. The Morgan fingerprint density at radius 2 is 1.51 bits per heavy atom. The minimum atomic E-state index is -0.401. The van der Waals surface area contributed by atoms with Gasteiger partial charge in [0.2, 0.25) is 0 Å². The number of benzene rings is 1. The molecule has 7 heteroatoms. The molecule has 0 atom stereocenters. The van der Waals surface area contributed by atoms with Crippen molar-refractivity contribution in [2.45, 2.75) is 94.6 Å². The maximum absolute atomic E-state index is 13.5. The van der Waals surface area contributed by atoms with Crippen LogP contribution in [0.2, 0.25) is 0 Å². The number of rotatable bonds is 6. The Kier molecular flexibility index (Phi) is 19.4. The third-order valence-corrected chi connectivity index (χ3v) is 6.03. The van der Waals surface area contributed by atoms with Crippen LogP contribution in [0.4, 0.5) is 10.1 Å². The summed E-state index contributed by atoms with van der Waals surface area (Å²) in [7, 11) is 5.76. The number of carbonyl (C=O) groups excluding carboxylic acids is 1. The lowest BCUT2D eigenvalue weighted by atomic mass is 9.71. The van der Waals surface area contributed by atoms with Gasteiger partial charge < -0.3 is 15.4 Å². The number of hydrogen-bond acceptors (Lipinski definition) is 5. The Bertz CT molecular complexity index is 732. The first-order valence-electron chi connectivity index (χ1n) is 12.2. The first-order valence-corrected chi connectivity index (χ1v) is 13.0. The summed E-state index contributed by atoms with van der Waals surface area (Å²) in [5.74, 6) is -0.401. The van der Waals surface area contributed by atoms with Crippen LogP contribution in [0.1, 0.15) is 94.6 Å². The van der Waals surface area contributed by atoms with Crippen LogP contribution < -0.4 is 5.73 Å². The van der Waals surface area contributed by atoms with E-state index >= 15 is 0 Å². The standard InChI is InChI=1S/C13H19BrFN3.C8H18.C5H10O2.C2H6/c1-17-11(5-4-8-18(2)3)12-9(14)6-7-10(15)13(12)16;1-7(2,3)8(4,5)6;1-5(2,3)7-4-6;1-2/h6-7H,4-5,8,16H2,1-3H3;1-6H3;4H,1-3H3;1-2H3. The summed E-state index contributed by atoms with van der Waals surface area (Å²) in [6.07, 6.45) is 1.74. The fraction of sp³-hybridized carbons (Fsp3) is 0.714. The van der Waals surface area contributed by atoms with E-state index in [0.29, 0.717) is 22.9 Å². The number of nitrogen functional groups attached to an aromatic ring is 1. The predicted octanol–water partition coefficient (Wildman–Crippen LogP) is 7.99. The summed E-state index contributed by atoms with van der Waals surface area (Å²) in [6, 6.07) is 3.02. The highest BCUT2D eigenvalue weighted by Gasteiger charge is 2.26. The van der Waals surface area contributed by atoms with Gasteiger partial charge in [0, 0.05) is 22.8 Å². The fourth-order valence-electron chi connectivity index (χ4n) is 1.92. The van der Waals surface area contributed by atoms with Gasteiger partial charge in [-0.15, -0.1) is 0 Å². The van der Waals surface area contributed by atoms with Crippen molar-refractivity contribution >= 4 is 33.8 Å². The normalized spacial score (nSPS) is 11.9. The molecule has 0 aliphatic carbocycles. The van der Waals surface area contributed by atoms with Crippen LogP contribution in [0.25, 0.3) is 0 Å². The minimum absolute atomic E-state index is 0.162. The average Bonchev–Trinajstić information content (AvgIpc) is 2.69. The molecule has 1 aromatic rings. The number of hydrogen-bond donors (Lipinski definition) is 1. The predicted molar refractivity (Wildman–Crippen MR) is 156 cm³/mol. The second-order valence-corrected chi connectivity index (χ2v) is 12.1. The van der Waals surface area contributed by atoms with Crippen LogP contribution in [0, 0.1) is 16.6 Å². The molecule has 206 valence electrons. The molecule has 2 N–H and O–H groups in total. The molecule has 0 saturated carbocycles. The van der Waals surface area contributed by atoms with Gasteiger partial charge >= 0.3 is 0 Å². The SMILES string of the molecule is CC.CC(C)(C)C(C)(C)C.CC(C)(C)OC=O.CN=C(CCCN(C)C)c1c(Br)ccc(F)c1N. The molecule has 1 aromatic carbocycles. The fourth-order valence-corrected chi connectivity index (χ4v) is 2.49. The number of aliphatic imine (C=N–C) groups is 1. The lowest BCUT2D eigenvalue weighted by molar-refractivity contribution is -0.138. The highest BCUT2D eigenvalue weighted by Crippen LogP contribution is 2.36. The largest absolute Gasteiger partial charge is 0.462 e. The van der Waals surface area contributed by atoms with Gasteiger partial charge in [-0.05, 0) is 77.2 Å². The molecule has 0 aromatic heterocycles. The zero-order valence-corrected chi connectivity index (χ0v) is 26.5. The zero-order valence-electron chi connectivity index (χ0n) is 24.9. The average molecular weight is 563 g/mol. The smallest absolute Gasteiger partial charge is 0.293 e. The molecule has 0 bridgehead atoms. The molecule has 1 rings (SSSR count). The van der Waals surface area contributed by atoms with Crippen LogP contribution in [0.5, 0.6) is 0 Å². The number of carbonyl (C=O) groups is 1.